The molecule has 0 radical (unpaired) electrons. The Balaban J connectivity index is 1.42. The van der Waals surface area contributed by atoms with E-state index in [9.17, 15) is 9.90 Å². The second-order valence-corrected chi connectivity index (χ2v) is 7.35. The van der Waals surface area contributed by atoms with Gasteiger partial charge in [0.05, 0.1) is 12.7 Å². The van der Waals surface area contributed by atoms with Gasteiger partial charge in [0.15, 0.2) is 5.58 Å². The number of hydrogen-bond donors (Lipinski definition) is 2. The lowest BCUT2D eigenvalue weighted by atomic mass is 9.98. The van der Waals surface area contributed by atoms with Gasteiger partial charge in [0, 0.05) is 19.5 Å². The molecule has 2 atom stereocenters. The number of hydrogen-bond acceptors (Lipinski definition) is 6. The fraction of sp³-hybridized carbons (Fsp3) is 0.579. The van der Waals surface area contributed by atoms with Crippen LogP contribution in [0.3, 0.4) is 0 Å². The Morgan fingerprint density at radius 1 is 1.26 bits per heavy atom. The highest BCUT2D eigenvalue weighted by Crippen LogP contribution is 2.36. The standard InChI is InChI=1S/C19H24N2O6/c22-13-4-5-14(10-13)26-15-2-1-3-16-17(15)18(20-27-16)25-11-12-6-8-21(9-7-12)19(23)24/h1-3,12-14,22H,4-11H2,(H,23,24)/t13-,14-/m0/s1. The topological polar surface area (TPSA) is 105 Å². The minimum Gasteiger partial charge on any atom is -0.489 e. The summed E-state index contributed by atoms with van der Waals surface area (Å²) in [7, 11) is 0. The Morgan fingerprint density at radius 3 is 2.78 bits per heavy atom. The summed E-state index contributed by atoms with van der Waals surface area (Å²) in [6, 6.07) is 5.53. The van der Waals surface area contributed by atoms with Crippen molar-refractivity contribution in [2.24, 2.45) is 5.92 Å². The van der Waals surface area contributed by atoms with Gasteiger partial charge in [0.1, 0.15) is 17.2 Å². The highest BCUT2D eigenvalue weighted by Gasteiger charge is 2.27. The maximum atomic E-state index is 11.0. The molecule has 8 nitrogen and oxygen atoms in total. The Kier molecular flexibility index (Phi) is 5.07. The van der Waals surface area contributed by atoms with Crippen molar-refractivity contribution >= 4 is 17.1 Å². The van der Waals surface area contributed by atoms with E-state index in [0.29, 0.717) is 48.7 Å². The minimum atomic E-state index is -0.865. The summed E-state index contributed by atoms with van der Waals surface area (Å²) < 4.78 is 17.4. The Morgan fingerprint density at radius 2 is 2.07 bits per heavy atom. The molecule has 1 saturated heterocycles. The third kappa shape index (κ3) is 3.95. The predicted octanol–water partition coefficient (Wildman–Crippen LogP) is 2.89. The molecular formula is C19H24N2O6. The summed E-state index contributed by atoms with van der Waals surface area (Å²) >= 11 is 0. The monoisotopic (exact) mass is 376 g/mol. The van der Waals surface area contributed by atoms with Crippen LogP contribution in [0.25, 0.3) is 11.0 Å². The number of fused-ring (bicyclic) bond motifs is 1. The molecule has 2 aliphatic rings. The third-order valence-corrected chi connectivity index (χ3v) is 5.42. The van der Waals surface area contributed by atoms with Crippen LogP contribution in [-0.2, 0) is 0 Å². The van der Waals surface area contributed by atoms with Crippen molar-refractivity contribution < 1.29 is 29.0 Å². The molecule has 2 N–H and O–H groups in total. The summed E-state index contributed by atoms with van der Waals surface area (Å²) in [6.07, 6.45) is 2.55. The quantitative estimate of drug-likeness (QED) is 0.826. The van der Waals surface area contributed by atoms with E-state index in [-0.39, 0.29) is 18.1 Å². The van der Waals surface area contributed by atoms with Crippen molar-refractivity contribution in [1.29, 1.82) is 0 Å². The van der Waals surface area contributed by atoms with E-state index in [2.05, 4.69) is 5.16 Å². The van der Waals surface area contributed by atoms with Crippen molar-refractivity contribution in [3.8, 4) is 11.6 Å². The van der Waals surface area contributed by atoms with Crippen molar-refractivity contribution in [3.05, 3.63) is 18.2 Å². The van der Waals surface area contributed by atoms with Gasteiger partial charge in [-0.05, 0) is 48.9 Å². The highest BCUT2D eigenvalue weighted by molar-refractivity contribution is 5.88. The number of benzene rings is 1. The first-order valence-electron chi connectivity index (χ1n) is 9.44. The number of nitrogens with zero attached hydrogens (tertiary/aromatic N) is 2. The predicted molar refractivity (Wildman–Crippen MR) is 96.1 cm³/mol. The Hall–Kier alpha value is -2.48. The number of carbonyl (C=O) groups is 1. The van der Waals surface area contributed by atoms with Crippen molar-refractivity contribution in [2.45, 2.75) is 44.3 Å². The van der Waals surface area contributed by atoms with Crippen LogP contribution in [0, 0.1) is 5.92 Å². The number of likely N-dealkylation sites (tertiary alicyclic amines) is 1. The maximum absolute atomic E-state index is 11.0. The zero-order valence-electron chi connectivity index (χ0n) is 15.0. The van der Waals surface area contributed by atoms with Crippen LogP contribution >= 0.6 is 0 Å². The first-order chi connectivity index (χ1) is 13.1. The molecule has 2 heterocycles. The van der Waals surface area contributed by atoms with E-state index in [4.69, 9.17) is 19.1 Å². The first-order valence-corrected chi connectivity index (χ1v) is 9.44. The molecule has 1 aliphatic carbocycles. The zero-order valence-corrected chi connectivity index (χ0v) is 15.0. The number of piperidine rings is 1. The summed E-state index contributed by atoms with van der Waals surface area (Å²) in [5.41, 5.74) is 0.599. The second kappa shape index (κ2) is 7.64. The van der Waals surface area contributed by atoms with Gasteiger partial charge in [0.2, 0.25) is 0 Å². The molecule has 0 unspecified atom stereocenters. The van der Waals surface area contributed by atoms with Gasteiger partial charge in [-0.2, -0.15) is 0 Å². The summed E-state index contributed by atoms with van der Waals surface area (Å²) in [6.45, 7) is 1.52. The molecule has 27 heavy (non-hydrogen) atoms. The van der Waals surface area contributed by atoms with Crippen molar-refractivity contribution in [1.82, 2.24) is 10.1 Å². The number of aromatic nitrogens is 1. The van der Waals surface area contributed by atoms with Crippen LogP contribution in [0.1, 0.15) is 32.1 Å². The van der Waals surface area contributed by atoms with E-state index in [1.165, 1.54) is 4.90 Å². The first kappa shape index (κ1) is 17.9. The lowest BCUT2D eigenvalue weighted by Gasteiger charge is -2.29. The van der Waals surface area contributed by atoms with E-state index in [0.717, 1.165) is 25.7 Å². The number of aliphatic hydroxyl groups is 1. The van der Waals surface area contributed by atoms with Gasteiger partial charge in [-0.1, -0.05) is 6.07 Å². The molecule has 4 rings (SSSR count). The van der Waals surface area contributed by atoms with Crippen molar-refractivity contribution in [3.63, 3.8) is 0 Å². The number of rotatable bonds is 5. The second-order valence-electron chi connectivity index (χ2n) is 7.35. The number of aliphatic hydroxyl groups excluding tert-OH is 1. The molecule has 0 spiro atoms. The molecule has 1 aromatic heterocycles. The molecule has 2 aromatic rings. The van der Waals surface area contributed by atoms with Crippen LogP contribution in [0.5, 0.6) is 11.6 Å². The van der Waals surface area contributed by atoms with Crippen LogP contribution < -0.4 is 9.47 Å². The van der Waals surface area contributed by atoms with E-state index in [1.807, 2.05) is 18.2 Å². The highest BCUT2D eigenvalue weighted by atomic mass is 16.5. The number of amides is 1. The molecule has 1 amide bonds. The molecule has 0 bridgehead atoms. The number of carboxylic acid groups (broad SMARTS) is 1. The minimum absolute atomic E-state index is 0.0197. The van der Waals surface area contributed by atoms with Crippen molar-refractivity contribution in [2.75, 3.05) is 19.7 Å². The van der Waals surface area contributed by atoms with Gasteiger partial charge in [-0.15, -0.1) is 0 Å². The van der Waals surface area contributed by atoms with E-state index in [1.54, 1.807) is 0 Å². The zero-order chi connectivity index (χ0) is 18.8. The smallest absolute Gasteiger partial charge is 0.407 e. The maximum Gasteiger partial charge on any atom is 0.407 e. The van der Waals surface area contributed by atoms with Gasteiger partial charge >= 0.3 is 6.09 Å². The molecule has 8 heteroatoms. The molecule has 1 aliphatic heterocycles. The van der Waals surface area contributed by atoms with Crippen LogP contribution in [-0.4, -0.2) is 58.3 Å². The average molecular weight is 376 g/mol. The largest absolute Gasteiger partial charge is 0.489 e. The van der Waals surface area contributed by atoms with Gasteiger partial charge in [0.25, 0.3) is 5.88 Å². The summed E-state index contributed by atoms with van der Waals surface area (Å²) in [4.78, 5) is 12.4. The Labute approximate surface area is 156 Å². The molecule has 2 fully saturated rings. The van der Waals surface area contributed by atoms with Gasteiger partial charge in [-0.3, -0.25) is 0 Å². The lowest BCUT2D eigenvalue weighted by molar-refractivity contribution is 0.110. The average Bonchev–Trinajstić information content (AvgIpc) is 3.27. The fourth-order valence-corrected chi connectivity index (χ4v) is 3.82. The van der Waals surface area contributed by atoms with E-state index < -0.39 is 6.09 Å². The van der Waals surface area contributed by atoms with Crippen LogP contribution in [0.4, 0.5) is 4.79 Å². The summed E-state index contributed by atoms with van der Waals surface area (Å²) in [5.74, 6) is 1.34. The van der Waals surface area contributed by atoms with Gasteiger partial charge in [-0.25, -0.2) is 4.79 Å². The molecular weight excluding hydrogens is 352 g/mol. The normalized spacial score (nSPS) is 23.7. The van der Waals surface area contributed by atoms with E-state index >= 15 is 0 Å². The third-order valence-electron chi connectivity index (χ3n) is 5.42. The van der Waals surface area contributed by atoms with Gasteiger partial charge < -0.3 is 29.1 Å². The van der Waals surface area contributed by atoms with Crippen LogP contribution in [0.15, 0.2) is 22.7 Å². The molecule has 1 saturated carbocycles. The molecule has 146 valence electrons. The SMILES string of the molecule is O=C(O)N1CCC(COc2noc3cccc(O[C@H]4CC[C@H](O)C4)c23)CC1. The van der Waals surface area contributed by atoms with Crippen LogP contribution in [0.2, 0.25) is 0 Å². The molecule has 1 aromatic carbocycles. The lowest BCUT2D eigenvalue weighted by Crippen LogP contribution is -2.38. The summed E-state index contributed by atoms with van der Waals surface area (Å²) in [5, 5.41) is 23.5. The fourth-order valence-electron chi connectivity index (χ4n) is 3.82. The number of ether oxygens (including phenoxy) is 2. The Bertz CT molecular complexity index is 799.